The number of hydrogen-bond acceptors (Lipinski definition) is 5. The minimum absolute atomic E-state index is 0.238. The average molecular weight is 428 g/mol. The number of rotatable bonds is 3. The third-order valence-corrected chi connectivity index (χ3v) is 5.22. The van der Waals surface area contributed by atoms with Gasteiger partial charge in [0.15, 0.2) is 10.8 Å². The topological polar surface area (TPSA) is 72.7 Å². The van der Waals surface area contributed by atoms with Gasteiger partial charge in [-0.25, -0.2) is 9.97 Å². The number of aromatic nitrogens is 4. The van der Waals surface area contributed by atoms with Crippen LogP contribution in [0.25, 0.3) is 22.3 Å². The molecule has 6 nitrogen and oxygen atoms in total. The Labute approximate surface area is 162 Å². The number of hydrogen-bond donors (Lipinski definition) is 1. The molecule has 4 rings (SSSR count). The van der Waals surface area contributed by atoms with Crippen LogP contribution in [0.2, 0.25) is 0 Å². The highest BCUT2D eigenvalue weighted by Crippen LogP contribution is 2.27. The fourth-order valence-corrected chi connectivity index (χ4v) is 3.83. The van der Waals surface area contributed by atoms with Gasteiger partial charge in [0, 0.05) is 34.0 Å². The van der Waals surface area contributed by atoms with Crippen molar-refractivity contribution < 1.29 is 4.79 Å². The minimum atomic E-state index is -0.238. The molecule has 0 saturated heterocycles. The number of thiazole rings is 1. The van der Waals surface area contributed by atoms with Crippen molar-refractivity contribution in [3.8, 4) is 11.3 Å². The number of benzene rings is 1. The molecule has 3 aromatic heterocycles. The van der Waals surface area contributed by atoms with Gasteiger partial charge < -0.3 is 0 Å². The van der Waals surface area contributed by atoms with Crippen LogP contribution >= 0.6 is 27.3 Å². The van der Waals surface area contributed by atoms with Crippen LogP contribution in [-0.2, 0) is 7.05 Å². The summed E-state index contributed by atoms with van der Waals surface area (Å²) in [6.07, 6.45) is 1.56. The molecule has 0 fully saturated rings. The molecule has 26 heavy (non-hydrogen) atoms. The molecule has 130 valence electrons. The largest absolute Gasteiger partial charge is 0.298 e. The van der Waals surface area contributed by atoms with Crippen LogP contribution in [0.4, 0.5) is 5.13 Å². The fraction of sp³-hybridized carbons (Fsp3) is 0.111. The maximum Gasteiger partial charge on any atom is 0.259 e. The molecule has 0 aliphatic heterocycles. The standard InChI is InChI=1S/C18H14BrN5OS/c1-10-14-7-12(8-20-16(14)24(2)23-10)17(25)22-18-21-15(9-26-18)11-4-3-5-13(19)6-11/h3-9H,1-2H3,(H,21,22,25). The number of aryl methyl sites for hydroxylation is 2. The van der Waals surface area contributed by atoms with E-state index >= 15 is 0 Å². The van der Waals surface area contributed by atoms with E-state index in [0.717, 1.165) is 32.5 Å². The summed E-state index contributed by atoms with van der Waals surface area (Å²) in [5, 5.41) is 10.5. The van der Waals surface area contributed by atoms with E-state index in [1.807, 2.05) is 49.7 Å². The van der Waals surface area contributed by atoms with Gasteiger partial charge in [-0.1, -0.05) is 28.1 Å². The van der Waals surface area contributed by atoms with E-state index in [0.29, 0.717) is 10.7 Å². The van der Waals surface area contributed by atoms with Gasteiger partial charge in [-0.05, 0) is 25.1 Å². The molecular weight excluding hydrogens is 414 g/mol. The lowest BCUT2D eigenvalue weighted by Gasteiger charge is -2.02. The summed E-state index contributed by atoms with van der Waals surface area (Å²) in [5.74, 6) is -0.238. The van der Waals surface area contributed by atoms with Crippen molar-refractivity contribution in [3.63, 3.8) is 0 Å². The summed E-state index contributed by atoms with van der Waals surface area (Å²) in [6, 6.07) is 9.69. The number of fused-ring (bicyclic) bond motifs is 1. The van der Waals surface area contributed by atoms with Crippen molar-refractivity contribution >= 4 is 49.3 Å². The molecule has 1 N–H and O–H groups in total. The zero-order chi connectivity index (χ0) is 18.3. The zero-order valence-corrected chi connectivity index (χ0v) is 16.4. The van der Waals surface area contributed by atoms with Gasteiger partial charge in [0.2, 0.25) is 0 Å². The van der Waals surface area contributed by atoms with Gasteiger partial charge in [0.05, 0.1) is 17.0 Å². The Bertz CT molecular complexity index is 1130. The first-order valence-corrected chi connectivity index (χ1v) is 9.51. The predicted octanol–water partition coefficient (Wildman–Crippen LogP) is 4.42. The van der Waals surface area contributed by atoms with Crippen LogP contribution < -0.4 is 5.32 Å². The van der Waals surface area contributed by atoms with Gasteiger partial charge in [0.1, 0.15) is 0 Å². The second-order valence-corrected chi connectivity index (χ2v) is 7.58. The Kier molecular flexibility index (Phi) is 4.29. The SMILES string of the molecule is Cc1nn(C)c2ncc(C(=O)Nc3nc(-c4cccc(Br)c4)cs3)cc12. The molecule has 0 saturated carbocycles. The van der Waals surface area contributed by atoms with Gasteiger partial charge >= 0.3 is 0 Å². The fourth-order valence-electron chi connectivity index (χ4n) is 2.71. The van der Waals surface area contributed by atoms with E-state index in [1.165, 1.54) is 11.3 Å². The summed E-state index contributed by atoms with van der Waals surface area (Å²) in [6.45, 7) is 1.90. The van der Waals surface area contributed by atoms with E-state index < -0.39 is 0 Å². The lowest BCUT2D eigenvalue weighted by atomic mass is 10.2. The van der Waals surface area contributed by atoms with Crippen molar-refractivity contribution in [1.29, 1.82) is 0 Å². The molecule has 0 spiro atoms. The van der Waals surface area contributed by atoms with Crippen LogP contribution in [0.3, 0.4) is 0 Å². The lowest BCUT2D eigenvalue weighted by molar-refractivity contribution is 0.102. The first-order valence-electron chi connectivity index (χ1n) is 7.83. The van der Waals surface area contributed by atoms with Gasteiger partial charge in [-0.2, -0.15) is 5.10 Å². The van der Waals surface area contributed by atoms with Gasteiger partial charge in [-0.3, -0.25) is 14.8 Å². The monoisotopic (exact) mass is 427 g/mol. The predicted molar refractivity (Wildman–Crippen MR) is 106 cm³/mol. The number of anilines is 1. The summed E-state index contributed by atoms with van der Waals surface area (Å²) < 4.78 is 2.69. The molecule has 0 aliphatic carbocycles. The first kappa shape index (κ1) is 16.9. The van der Waals surface area contributed by atoms with Crippen LogP contribution in [0.15, 0.2) is 46.4 Å². The Morgan fingerprint density at radius 3 is 2.96 bits per heavy atom. The molecule has 4 aromatic rings. The third-order valence-electron chi connectivity index (χ3n) is 3.97. The van der Waals surface area contributed by atoms with Crippen molar-refractivity contribution in [2.75, 3.05) is 5.32 Å². The van der Waals surface area contributed by atoms with E-state index in [-0.39, 0.29) is 5.91 Å². The normalized spacial score (nSPS) is 11.0. The number of nitrogens with one attached hydrogen (secondary N) is 1. The summed E-state index contributed by atoms with van der Waals surface area (Å²) >= 11 is 4.85. The van der Waals surface area contributed by atoms with Crippen molar-refractivity contribution in [2.45, 2.75) is 6.92 Å². The van der Waals surface area contributed by atoms with E-state index in [2.05, 4.69) is 36.3 Å². The van der Waals surface area contributed by atoms with Gasteiger partial charge in [-0.15, -0.1) is 11.3 Å². The molecule has 0 radical (unpaired) electrons. The number of amides is 1. The lowest BCUT2D eigenvalue weighted by Crippen LogP contribution is -2.12. The van der Waals surface area contributed by atoms with Crippen LogP contribution in [0.5, 0.6) is 0 Å². The molecule has 8 heteroatoms. The van der Waals surface area contributed by atoms with E-state index in [4.69, 9.17) is 0 Å². The Morgan fingerprint density at radius 1 is 1.31 bits per heavy atom. The van der Waals surface area contributed by atoms with Crippen LogP contribution in [0.1, 0.15) is 16.1 Å². The van der Waals surface area contributed by atoms with Crippen molar-refractivity contribution in [3.05, 3.63) is 57.6 Å². The molecule has 0 bridgehead atoms. The molecule has 0 aliphatic rings. The summed E-state index contributed by atoms with van der Waals surface area (Å²) in [7, 11) is 1.83. The number of nitrogens with zero attached hydrogens (tertiary/aromatic N) is 4. The first-order chi connectivity index (χ1) is 12.5. The molecule has 0 atom stereocenters. The van der Waals surface area contributed by atoms with Crippen LogP contribution in [0, 0.1) is 6.92 Å². The number of carbonyl (C=O) groups excluding carboxylic acids is 1. The molecule has 1 amide bonds. The maximum atomic E-state index is 12.6. The second-order valence-electron chi connectivity index (χ2n) is 5.81. The highest BCUT2D eigenvalue weighted by atomic mass is 79.9. The highest BCUT2D eigenvalue weighted by Gasteiger charge is 2.14. The summed E-state index contributed by atoms with van der Waals surface area (Å²) in [4.78, 5) is 21.4. The Morgan fingerprint density at radius 2 is 2.15 bits per heavy atom. The van der Waals surface area contributed by atoms with E-state index in [9.17, 15) is 4.79 Å². The third kappa shape index (κ3) is 3.13. The number of pyridine rings is 1. The minimum Gasteiger partial charge on any atom is -0.298 e. The van der Waals surface area contributed by atoms with Gasteiger partial charge in [0.25, 0.3) is 5.91 Å². The molecule has 0 unspecified atom stereocenters. The van der Waals surface area contributed by atoms with Crippen molar-refractivity contribution in [1.82, 2.24) is 19.7 Å². The number of halogens is 1. The summed E-state index contributed by atoms with van der Waals surface area (Å²) in [5.41, 5.74) is 3.89. The Balaban J connectivity index is 1.58. The average Bonchev–Trinajstić information content (AvgIpc) is 3.20. The molecule has 1 aromatic carbocycles. The van der Waals surface area contributed by atoms with E-state index in [1.54, 1.807) is 10.9 Å². The maximum absolute atomic E-state index is 12.6. The van der Waals surface area contributed by atoms with Crippen LogP contribution in [-0.4, -0.2) is 25.7 Å². The molecule has 3 heterocycles. The quantitative estimate of drug-likeness (QED) is 0.525. The zero-order valence-electron chi connectivity index (χ0n) is 14.0. The smallest absolute Gasteiger partial charge is 0.259 e. The molecular formula is C18H14BrN5OS. The van der Waals surface area contributed by atoms with Crippen molar-refractivity contribution in [2.24, 2.45) is 7.05 Å². The Hall–Kier alpha value is -2.58. The number of carbonyl (C=O) groups is 1. The highest BCUT2D eigenvalue weighted by molar-refractivity contribution is 9.10. The second kappa shape index (κ2) is 6.62.